The van der Waals surface area contributed by atoms with Gasteiger partial charge in [0.05, 0.1) is 12.7 Å². The number of likely N-dealkylation sites (N-methyl/N-ethyl adjacent to an activating group) is 1. The minimum atomic E-state index is -0.821. The molecule has 0 saturated carbocycles. The third-order valence-corrected chi connectivity index (χ3v) is 3.36. The minimum Gasteiger partial charge on any atom is -0.497 e. The van der Waals surface area contributed by atoms with Crippen LogP contribution in [0.25, 0.3) is 0 Å². The van der Waals surface area contributed by atoms with Gasteiger partial charge in [-0.3, -0.25) is 9.59 Å². The lowest BCUT2D eigenvalue weighted by Gasteiger charge is -2.23. The lowest BCUT2D eigenvalue weighted by Crippen LogP contribution is -2.31. The van der Waals surface area contributed by atoms with Crippen molar-refractivity contribution >= 4 is 12.2 Å². The number of amides is 1. The molecule has 1 amide bonds. The number of rotatable bonds is 6. The molecule has 0 heterocycles. The van der Waals surface area contributed by atoms with Gasteiger partial charge >= 0.3 is 0 Å². The van der Waals surface area contributed by atoms with Crippen LogP contribution in [0, 0.1) is 0 Å². The number of carbonyl (C=O) groups is 2. The van der Waals surface area contributed by atoms with Gasteiger partial charge in [-0.2, -0.15) is 0 Å². The number of ether oxygens (including phenoxy) is 2. The first-order valence-electron chi connectivity index (χ1n) is 7.12. The molecule has 0 saturated heterocycles. The highest BCUT2D eigenvalue weighted by Gasteiger charge is 2.25. The van der Waals surface area contributed by atoms with E-state index in [4.69, 9.17) is 9.47 Å². The monoisotopic (exact) mass is 313 g/mol. The maximum absolute atomic E-state index is 12.5. The van der Waals surface area contributed by atoms with Crippen molar-refractivity contribution in [3.8, 4) is 11.5 Å². The minimum absolute atomic E-state index is 0.205. The zero-order valence-electron chi connectivity index (χ0n) is 13.4. The van der Waals surface area contributed by atoms with Crippen molar-refractivity contribution in [2.75, 3.05) is 21.2 Å². The van der Waals surface area contributed by atoms with E-state index in [9.17, 15) is 9.59 Å². The summed E-state index contributed by atoms with van der Waals surface area (Å²) in [5, 5.41) is 0. The van der Waals surface area contributed by atoms with E-state index in [0.29, 0.717) is 23.3 Å². The van der Waals surface area contributed by atoms with Gasteiger partial charge in [0, 0.05) is 19.7 Å². The largest absolute Gasteiger partial charge is 0.497 e. The molecule has 0 radical (unpaired) electrons. The Morgan fingerprint density at radius 3 is 2.39 bits per heavy atom. The summed E-state index contributed by atoms with van der Waals surface area (Å²) in [6.07, 6.45) is -0.140. The molecule has 0 aliphatic rings. The van der Waals surface area contributed by atoms with Crippen LogP contribution in [-0.4, -0.2) is 38.3 Å². The highest BCUT2D eigenvalue weighted by Crippen LogP contribution is 2.28. The number of hydrogen-bond donors (Lipinski definition) is 0. The first-order valence-corrected chi connectivity index (χ1v) is 7.12. The molecule has 23 heavy (non-hydrogen) atoms. The van der Waals surface area contributed by atoms with Crippen molar-refractivity contribution in [2.24, 2.45) is 0 Å². The first-order chi connectivity index (χ1) is 11.1. The molecule has 0 unspecified atom stereocenters. The Labute approximate surface area is 135 Å². The zero-order chi connectivity index (χ0) is 16.8. The summed E-state index contributed by atoms with van der Waals surface area (Å²) >= 11 is 0. The van der Waals surface area contributed by atoms with Crippen LogP contribution >= 0.6 is 0 Å². The van der Waals surface area contributed by atoms with Gasteiger partial charge in [-0.1, -0.05) is 30.3 Å². The second kappa shape index (κ2) is 7.45. The van der Waals surface area contributed by atoms with Gasteiger partial charge in [0.15, 0.2) is 6.29 Å². The molecule has 5 heteroatoms. The van der Waals surface area contributed by atoms with E-state index in [0.717, 1.165) is 5.56 Å². The van der Waals surface area contributed by atoms with Crippen LogP contribution in [0.2, 0.25) is 0 Å². The number of hydrogen-bond acceptors (Lipinski definition) is 4. The molecule has 2 aromatic rings. The predicted octanol–water partition coefficient (Wildman–Crippen LogP) is 2.72. The molecule has 0 aromatic heterocycles. The fourth-order valence-electron chi connectivity index (χ4n) is 2.10. The molecule has 0 bridgehead atoms. The van der Waals surface area contributed by atoms with Gasteiger partial charge in [-0.05, 0) is 18.2 Å². The molecule has 0 spiro atoms. The molecule has 2 aromatic carbocycles. The predicted molar refractivity (Wildman–Crippen MR) is 86.9 cm³/mol. The zero-order valence-corrected chi connectivity index (χ0v) is 13.4. The van der Waals surface area contributed by atoms with Crippen molar-refractivity contribution in [3.05, 3.63) is 59.7 Å². The van der Waals surface area contributed by atoms with E-state index in [-0.39, 0.29) is 5.91 Å². The van der Waals surface area contributed by atoms with Crippen molar-refractivity contribution < 1.29 is 19.1 Å². The average molecular weight is 313 g/mol. The van der Waals surface area contributed by atoms with Crippen molar-refractivity contribution in [1.29, 1.82) is 0 Å². The van der Waals surface area contributed by atoms with Gasteiger partial charge in [-0.25, -0.2) is 0 Å². The lowest BCUT2D eigenvalue weighted by atomic mass is 10.1. The number of aldehydes is 1. The fraction of sp³-hybridized carbons (Fsp3) is 0.222. The Kier molecular flexibility index (Phi) is 5.36. The normalized spacial score (nSPS) is 11.4. The first kappa shape index (κ1) is 16.5. The van der Waals surface area contributed by atoms with E-state index in [1.807, 2.05) is 30.3 Å². The van der Waals surface area contributed by atoms with E-state index in [1.54, 1.807) is 32.3 Å². The summed E-state index contributed by atoms with van der Waals surface area (Å²) in [5.41, 5.74) is 1.05. The quantitative estimate of drug-likeness (QED) is 0.770. The summed E-state index contributed by atoms with van der Waals surface area (Å²) < 4.78 is 11.0. The van der Waals surface area contributed by atoms with Crippen molar-refractivity contribution in [1.82, 2.24) is 4.90 Å². The Bertz CT molecular complexity index is 683. The van der Waals surface area contributed by atoms with Crippen LogP contribution in [0.1, 0.15) is 22.0 Å². The smallest absolute Gasteiger partial charge is 0.267 e. The molecule has 0 aliphatic heterocycles. The summed E-state index contributed by atoms with van der Waals surface area (Å²) in [6, 6.07) is 14.1. The second-order valence-electron chi connectivity index (χ2n) is 5.16. The lowest BCUT2D eigenvalue weighted by molar-refractivity contribution is -0.136. The SMILES string of the molecule is COc1ccc(O[C@H](C(=O)N(C)C)c2ccccc2)c(C=O)c1. The number of benzene rings is 2. The highest BCUT2D eigenvalue weighted by atomic mass is 16.5. The van der Waals surface area contributed by atoms with E-state index in [2.05, 4.69) is 0 Å². The summed E-state index contributed by atoms with van der Waals surface area (Å²) in [4.78, 5) is 25.2. The number of nitrogens with zero attached hydrogens (tertiary/aromatic N) is 1. The van der Waals surface area contributed by atoms with Gasteiger partial charge < -0.3 is 14.4 Å². The second-order valence-corrected chi connectivity index (χ2v) is 5.16. The summed E-state index contributed by atoms with van der Waals surface area (Å²) in [7, 11) is 4.85. The van der Waals surface area contributed by atoms with E-state index in [1.165, 1.54) is 12.0 Å². The van der Waals surface area contributed by atoms with Gasteiger partial charge in [0.1, 0.15) is 11.5 Å². The third kappa shape index (κ3) is 3.88. The van der Waals surface area contributed by atoms with Gasteiger partial charge in [-0.15, -0.1) is 0 Å². The number of methoxy groups -OCH3 is 1. The Morgan fingerprint density at radius 1 is 1.13 bits per heavy atom. The van der Waals surface area contributed by atoms with Gasteiger partial charge in [0.2, 0.25) is 6.10 Å². The van der Waals surface area contributed by atoms with E-state index >= 15 is 0 Å². The average Bonchev–Trinajstić information content (AvgIpc) is 2.59. The summed E-state index contributed by atoms with van der Waals surface area (Å²) in [6.45, 7) is 0. The molecule has 1 atom stereocenters. The molecule has 0 aliphatic carbocycles. The molecular weight excluding hydrogens is 294 g/mol. The van der Waals surface area contributed by atoms with Crippen molar-refractivity contribution in [2.45, 2.75) is 6.10 Å². The number of carbonyl (C=O) groups excluding carboxylic acids is 2. The standard InChI is InChI=1S/C18H19NO4/c1-19(2)18(21)17(13-7-5-4-6-8-13)23-16-10-9-15(22-3)11-14(16)12-20/h4-12,17H,1-3H3/t17-/m0/s1. The molecular formula is C18H19NO4. The fourth-order valence-corrected chi connectivity index (χ4v) is 2.10. The Balaban J connectivity index is 2.39. The highest BCUT2D eigenvalue weighted by molar-refractivity contribution is 5.84. The Morgan fingerprint density at radius 2 is 1.83 bits per heavy atom. The maximum Gasteiger partial charge on any atom is 0.267 e. The summed E-state index contributed by atoms with van der Waals surface area (Å²) in [5.74, 6) is 0.684. The molecule has 120 valence electrons. The maximum atomic E-state index is 12.5. The van der Waals surface area contributed by atoms with E-state index < -0.39 is 6.10 Å². The topological polar surface area (TPSA) is 55.8 Å². The van der Waals surface area contributed by atoms with Crippen LogP contribution in [-0.2, 0) is 4.79 Å². The van der Waals surface area contributed by atoms with Crippen LogP contribution in [0.4, 0.5) is 0 Å². The van der Waals surface area contributed by atoms with Crippen LogP contribution in [0.15, 0.2) is 48.5 Å². The third-order valence-electron chi connectivity index (χ3n) is 3.36. The molecule has 0 N–H and O–H groups in total. The van der Waals surface area contributed by atoms with Crippen LogP contribution in [0.5, 0.6) is 11.5 Å². The van der Waals surface area contributed by atoms with Crippen molar-refractivity contribution in [3.63, 3.8) is 0 Å². The Hall–Kier alpha value is -2.82. The molecule has 5 nitrogen and oxygen atoms in total. The van der Waals surface area contributed by atoms with Crippen LogP contribution < -0.4 is 9.47 Å². The molecule has 0 fully saturated rings. The molecule has 2 rings (SSSR count). The van der Waals surface area contributed by atoms with Crippen LogP contribution in [0.3, 0.4) is 0 Å². The van der Waals surface area contributed by atoms with Gasteiger partial charge in [0.25, 0.3) is 5.91 Å².